The number of nitrogens with one attached hydrogen (secondary N) is 1. The van der Waals surface area contributed by atoms with Crippen LogP contribution in [0.5, 0.6) is 0 Å². The Morgan fingerprint density at radius 1 is 1.37 bits per heavy atom. The van der Waals surface area contributed by atoms with Crippen molar-refractivity contribution in [2.24, 2.45) is 11.7 Å². The predicted octanol–water partition coefficient (Wildman–Crippen LogP) is 3.02. The first-order chi connectivity index (χ1) is 9.26. The van der Waals surface area contributed by atoms with Gasteiger partial charge in [-0.15, -0.1) is 0 Å². The Bertz CT molecular complexity index is 461. The van der Waals surface area contributed by atoms with Crippen molar-refractivity contribution >= 4 is 5.69 Å². The van der Waals surface area contributed by atoms with Crippen LogP contribution in [0.25, 0.3) is 0 Å². The second kappa shape index (κ2) is 6.53. The summed E-state index contributed by atoms with van der Waals surface area (Å²) in [4.78, 5) is 0. The number of rotatable bonds is 4. The number of halogens is 1. The molecule has 4 heteroatoms. The highest BCUT2D eigenvalue weighted by atomic mass is 19.1. The maximum atomic E-state index is 13.6. The quantitative estimate of drug-likeness (QED) is 0.875. The third-order valence-corrected chi connectivity index (χ3v) is 3.94. The van der Waals surface area contributed by atoms with Crippen LogP contribution in [0.15, 0.2) is 18.2 Å². The number of benzene rings is 1. The summed E-state index contributed by atoms with van der Waals surface area (Å²) < 4.78 is 13.6. The zero-order valence-corrected chi connectivity index (χ0v) is 11.0. The van der Waals surface area contributed by atoms with Gasteiger partial charge in [-0.05, 0) is 30.9 Å². The highest BCUT2D eigenvalue weighted by Gasteiger charge is 2.23. The molecule has 0 radical (unpaired) electrons. The molecule has 3 N–H and O–H groups in total. The zero-order valence-electron chi connectivity index (χ0n) is 11.0. The molecule has 1 saturated carbocycles. The normalized spacial score (nSPS) is 17.7. The molecule has 0 bridgehead atoms. The second-order valence-electron chi connectivity index (χ2n) is 5.16. The molecule has 1 fully saturated rings. The van der Waals surface area contributed by atoms with E-state index >= 15 is 0 Å². The average Bonchev–Trinajstić information content (AvgIpc) is 2.46. The molecule has 0 heterocycles. The van der Waals surface area contributed by atoms with Crippen LogP contribution in [0.3, 0.4) is 0 Å². The van der Waals surface area contributed by atoms with Crippen molar-refractivity contribution in [1.82, 2.24) is 0 Å². The fourth-order valence-corrected chi connectivity index (χ4v) is 2.86. The number of nitrogens with two attached hydrogens (primary N) is 1. The highest BCUT2D eigenvalue weighted by molar-refractivity contribution is 5.58. The van der Waals surface area contributed by atoms with Gasteiger partial charge in [0.1, 0.15) is 17.4 Å². The van der Waals surface area contributed by atoms with E-state index in [1.807, 2.05) is 6.07 Å². The van der Waals surface area contributed by atoms with Gasteiger partial charge in [-0.25, -0.2) is 4.39 Å². The fraction of sp³-hybridized carbons (Fsp3) is 0.533. The first-order valence-electron chi connectivity index (χ1n) is 6.91. The van der Waals surface area contributed by atoms with Crippen molar-refractivity contribution in [2.45, 2.75) is 38.1 Å². The summed E-state index contributed by atoms with van der Waals surface area (Å²) in [6.07, 6.45) is 6.07. The van der Waals surface area contributed by atoms with Gasteiger partial charge in [0.05, 0.1) is 5.69 Å². The monoisotopic (exact) mass is 261 g/mol. The third kappa shape index (κ3) is 3.24. The summed E-state index contributed by atoms with van der Waals surface area (Å²) in [7, 11) is 0. The van der Waals surface area contributed by atoms with Crippen LogP contribution < -0.4 is 11.1 Å². The van der Waals surface area contributed by atoms with E-state index in [1.165, 1.54) is 25.3 Å². The van der Waals surface area contributed by atoms with Crippen molar-refractivity contribution in [3.05, 3.63) is 29.6 Å². The Morgan fingerprint density at radius 2 is 2.11 bits per heavy atom. The van der Waals surface area contributed by atoms with Crippen LogP contribution in [0.2, 0.25) is 0 Å². The van der Waals surface area contributed by atoms with Gasteiger partial charge in [0.25, 0.3) is 0 Å². The Hall–Kier alpha value is -1.60. The molecule has 1 aliphatic rings. The van der Waals surface area contributed by atoms with Gasteiger partial charge < -0.3 is 11.1 Å². The fourth-order valence-electron chi connectivity index (χ4n) is 2.86. The lowest BCUT2D eigenvalue weighted by Gasteiger charge is -2.31. The van der Waals surface area contributed by atoms with Gasteiger partial charge >= 0.3 is 0 Å². The van der Waals surface area contributed by atoms with Crippen LogP contribution >= 0.6 is 0 Å². The number of hydrogen-bond donors (Lipinski definition) is 2. The average molecular weight is 261 g/mol. The molecule has 1 atom stereocenters. The third-order valence-electron chi connectivity index (χ3n) is 3.94. The maximum absolute atomic E-state index is 13.6. The SMILES string of the molecule is N#Cc1c(F)cccc1NC(CN)C1CCCCC1. The minimum Gasteiger partial charge on any atom is -0.380 e. The Morgan fingerprint density at radius 3 is 2.74 bits per heavy atom. The van der Waals surface area contributed by atoms with Gasteiger partial charge in [-0.1, -0.05) is 25.3 Å². The lowest BCUT2D eigenvalue weighted by Crippen LogP contribution is -2.37. The number of nitriles is 1. The van der Waals surface area contributed by atoms with E-state index in [9.17, 15) is 4.39 Å². The number of anilines is 1. The molecular formula is C15H20FN3. The standard InChI is InChI=1S/C15H20FN3/c16-13-7-4-8-14(12(13)9-17)19-15(10-18)11-5-2-1-3-6-11/h4,7-8,11,15,19H,1-3,5-6,10,18H2. The van der Waals surface area contributed by atoms with Gasteiger partial charge in [0.2, 0.25) is 0 Å². The summed E-state index contributed by atoms with van der Waals surface area (Å²) >= 11 is 0. The molecule has 1 aromatic carbocycles. The molecule has 3 nitrogen and oxygen atoms in total. The van der Waals surface area contributed by atoms with E-state index in [2.05, 4.69) is 5.32 Å². The molecule has 1 unspecified atom stereocenters. The zero-order chi connectivity index (χ0) is 13.7. The molecule has 0 aromatic heterocycles. The van der Waals surface area contributed by atoms with E-state index < -0.39 is 5.82 Å². The van der Waals surface area contributed by atoms with E-state index in [0.717, 1.165) is 12.8 Å². The van der Waals surface area contributed by atoms with Gasteiger partial charge in [0, 0.05) is 12.6 Å². The predicted molar refractivity (Wildman–Crippen MR) is 74.2 cm³/mol. The van der Waals surface area contributed by atoms with Crippen LogP contribution in [0, 0.1) is 23.1 Å². The molecule has 2 rings (SSSR count). The van der Waals surface area contributed by atoms with Gasteiger partial charge in [-0.3, -0.25) is 0 Å². The molecule has 0 amide bonds. The van der Waals surface area contributed by atoms with Crippen molar-refractivity contribution < 1.29 is 4.39 Å². The van der Waals surface area contributed by atoms with E-state index in [1.54, 1.807) is 12.1 Å². The van der Waals surface area contributed by atoms with E-state index in [4.69, 9.17) is 11.0 Å². The largest absolute Gasteiger partial charge is 0.380 e. The van der Waals surface area contributed by atoms with E-state index in [-0.39, 0.29) is 11.6 Å². The topological polar surface area (TPSA) is 61.8 Å². The van der Waals surface area contributed by atoms with Crippen molar-refractivity contribution in [3.8, 4) is 6.07 Å². The maximum Gasteiger partial charge on any atom is 0.143 e. The summed E-state index contributed by atoms with van der Waals surface area (Å²) in [5.41, 5.74) is 6.48. The summed E-state index contributed by atoms with van der Waals surface area (Å²) in [6, 6.07) is 6.71. The minimum absolute atomic E-state index is 0.0803. The van der Waals surface area contributed by atoms with Crippen molar-refractivity contribution in [3.63, 3.8) is 0 Å². The lowest BCUT2D eigenvalue weighted by atomic mass is 9.83. The second-order valence-corrected chi connectivity index (χ2v) is 5.16. The summed E-state index contributed by atoms with van der Waals surface area (Å²) in [5, 5.41) is 12.3. The minimum atomic E-state index is -0.480. The van der Waals surface area contributed by atoms with Gasteiger partial charge in [0.15, 0.2) is 0 Å². The molecule has 0 saturated heterocycles. The molecular weight excluding hydrogens is 241 g/mol. The van der Waals surface area contributed by atoms with Crippen LogP contribution in [0.1, 0.15) is 37.7 Å². The Labute approximate surface area is 113 Å². The molecule has 1 aliphatic carbocycles. The van der Waals surface area contributed by atoms with Crippen LogP contribution in [0.4, 0.5) is 10.1 Å². The summed E-state index contributed by atoms with van der Waals surface area (Å²) in [5.74, 6) is 0.0421. The highest BCUT2D eigenvalue weighted by Crippen LogP contribution is 2.29. The van der Waals surface area contributed by atoms with Crippen molar-refractivity contribution in [2.75, 3.05) is 11.9 Å². The number of nitrogens with zero attached hydrogens (tertiary/aromatic N) is 1. The molecule has 0 spiro atoms. The van der Waals surface area contributed by atoms with E-state index in [0.29, 0.717) is 18.2 Å². The number of hydrogen-bond acceptors (Lipinski definition) is 3. The summed E-state index contributed by atoms with van der Waals surface area (Å²) in [6.45, 7) is 0.506. The van der Waals surface area contributed by atoms with Crippen LogP contribution in [-0.4, -0.2) is 12.6 Å². The first kappa shape index (κ1) is 13.8. The Kier molecular flexibility index (Phi) is 4.75. The smallest absolute Gasteiger partial charge is 0.143 e. The molecule has 1 aromatic rings. The molecule has 102 valence electrons. The van der Waals surface area contributed by atoms with Crippen molar-refractivity contribution in [1.29, 1.82) is 5.26 Å². The lowest BCUT2D eigenvalue weighted by molar-refractivity contribution is 0.320. The Balaban J connectivity index is 2.14. The van der Waals surface area contributed by atoms with Gasteiger partial charge in [-0.2, -0.15) is 5.26 Å². The molecule has 0 aliphatic heterocycles. The first-order valence-corrected chi connectivity index (χ1v) is 6.91. The molecule has 19 heavy (non-hydrogen) atoms. The van der Waals surface area contributed by atoms with Crippen LogP contribution in [-0.2, 0) is 0 Å².